The van der Waals surface area contributed by atoms with E-state index in [0.717, 1.165) is 6.07 Å². The van der Waals surface area contributed by atoms with E-state index < -0.39 is 23.2 Å². The first-order valence-electron chi connectivity index (χ1n) is 7.72. The van der Waals surface area contributed by atoms with Crippen molar-refractivity contribution in [3.8, 4) is 0 Å². The Kier molecular flexibility index (Phi) is 4.22. The molecule has 0 saturated carbocycles. The molecule has 7 heteroatoms. The van der Waals surface area contributed by atoms with Crippen molar-refractivity contribution < 1.29 is 19.1 Å². The van der Waals surface area contributed by atoms with Gasteiger partial charge >= 0.3 is 5.97 Å². The van der Waals surface area contributed by atoms with Crippen LogP contribution in [0.5, 0.6) is 0 Å². The fourth-order valence-electron chi connectivity index (χ4n) is 2.86. The zero-order chi connectivity index (χ0) is 18.0. The number of carboxylic acid groups (broad SMARTS) is 1. The summed E-state index contributed by atoms with van der Waals surface area (Å²) in [5, 5.41) is 12.4. The quantitative estimate of drug-likeness (QED) is 0.665. The number of halogens is 1. The van der Waals surface area contributed by atoms with Crippen LogP contribution in [-0.4, -0.2) is 27.0 Å². The second-order valence-electron chi connectivity index (χ2n) is 5.64. The minimum absolute atomic E-state index is 0.0220. The monoisotopic (exact) mass is 341 g/mol. The highest BCUT2D eigenvalue weighted by Gasteiger charge is 2.40. The molecule has 1 unspecified atom stereocenters. The van der Waals surface area contributed by atoms with E-state index in [2.05, 4.69) is 15.3 Å². The Morgan fingerprint density at radius 1 is 1.28 bits per heavy atom. The molecule has 1 amide bonds. The number of carbonyl (C=O) groups excluding carboxylic acids is 1. The van der Waals surface area contributed by atoms with Crippen LogP contribution in [0, 0.1) is 5.82 Å². The molecule has 1 aromatic heterocycles. The summed E-state index contributed by atoms with van der Waals surface area (Å²) in [5.74, 6) is -2.51. The number of hydrogen-bond acceptors (Lipinski definition) is 3. The Morgan fingerprint density at radius 3 is 2.64 bits per heavy atom. The van der Waals surface area contributed by atoms with Gasteiger partial charge in [0, 0.05) is 0 Å². The molecule has 0 aliphatic carbocycles. The Morgan fingerprint density at radius 2 is 2.00 bits per heavy atom. The van der Waals surface area contributed by atoms with Gasteiger partial charge in [0.05, 0.1) is 17.4 Å². The molecule has 3 N–H and O–H groups in total. The summed E-state index contributed by atoms with van der Waals surface area (Å²) in [5.41, 5.74) is -0.559. The molecule has 3 aromatic rings. The molecule has 128 valence electrons. The third-order valence-corrected chi connectivity index (χ3v) is 4.22. The number of nitrogens with one attached hydrogen (secondary N) is 2. The molecule has 25 heavy (non-hydrogen) atoms. The van der Waals surface area contributed by atoms with Crippen molar-refractivity contribution in [2.75, 3.05) is 0 Å². The third-order valence-electron chi connectivity index (χ3n) is 4.22. The van der Waals surface area contributed by atoms with Gasteiger partial charge in [-0.1, -0.05) is 37.3 Å². The Hall–Kier alpha value is -3.22. The summed E-state index contributed by atoms with van der Waals surface area (Å²) in [6, 6.07) is 10.7. The highest BCUT2D eigenvalue weighted by Crippen LogP contribution is 2.27. The standard InChI is InChI=1S/C18H16FN3O3/c1-2-18(17(24)25,11-6-4-3-5-7-11)22-16(23)13-8-12(19)9-14-15(13)21-10-20-14/h3-10H,2H2,1H3,(H,20,21)(H,22,23)(H,24,25). The van der Waals surface area contributed by atoms with Crippen LogP contribution < -0.4 is 5.32 Å². The first-order chi connectivity index (χ1) is 12.0. The normalized spacial score (nSPS) is 13.4. The van der Waals surface area contributed by atoms with Crippen LogP contribution in [0.4, 0.5) is 4.39 Å². The predicted molar refractivity (Wildman–Crippen MR) is 89.6 cm³/mol. The molecule has 0 aliphatic heterocycles. The molecule has 0 saturated heterocycles. The number of carboxylic acids is 1. The Balaban J connectivity index is 2.07. The molecule has 0 aliphatic rings. The average molecular weight is 341 g/mol. The molecule has 0 spiro atoms. The molecule has 1 heterocycles. The average Bonchev–Trinajstić information content (AvgIpc) is 3.07. The maximum Gasteiger partial charge on any atom is 0.334 e. The minimum atomic E-state index is -1.62. The highest BCUT2D eigenvalue weighted by atomic mass is 19.1. The number of rotatable bonds is 5. The smallest absolute Gasteiger partial charge is 0.334 e. The van der Waals surface area contributed by atoms with Crippen LogP contribution in [0.15, 0.2) is 48.8 Å². The summed E-state index contributed by atoms with van der Waals surface area (Å²) >= 11 is 0. The van der Waals surface area contributed by atoms with Crippen LogP contribution in [-0.2, 0) is 10.3 Å². The van der Waals surface area contributed by atoms with Gasteiger partial charge < -0.3 is 15.4 Å². The van der Waals surface area contributed by atoms with Gasteiger partial charge in [0.15, 0.2) is 5.54 Å². The number of fused-ring (bicyclic) bond motifs is 1. The molecule has 6 nitrogen and oxygen atoms in total. The van der Waals surface area contributed by atoms with Crippen LogP contribution in [0.2, 0.25) is 0 Å². The van der Waals surface area contributed by atoms with Crippen molar-refractivity contribution in [3.05, 3.63) is 65.7 Å². The van der Waals surface area contributed by atoms with Gasteiger partial charge in [-0.3, -0.25) is 4.79 Å². The molecular formula is C18H16FN3O3. The second-order valence-corrected chi connectivity index (χ2v) is 5.64. The summed E-state index contributed by atoms with van der Waals surface area (Å²) in [6.45, 7) is 1.66. The van der Waals surface area contributed by atoms with Gasteiger partial charge in [0.1, 0.15) is 11.3 Å². The number of imidazole rings is 1. The van der Waals surface area contributed by atoms with Gasteiger partial charge in [-0.25, -0.2) is 14.2 Å². The molecule has 1 atom stereocenters. The number of aromatic amines is 1. The van der Waals surface area contributed by atoms with Crippen molar-refractivity contribution in [3.63, 3.8) is 0 Å². The van der Waals surface area contributed by atoms with Gasteiger partial charge in [-0.05, 0) is 24.1 Å². The lowest BCUT2D eigenvalue weighted by molar-refractivity contribution is -0.145. The van der Waals surface area contributed by atoms with Crippen molar-refractivity contribution >= 4 is 22.9 Å². The number of nitrogens with zero attached hydrogens (tertiary/aromatic N) is 1. The van der Waals surface area contributed by atoms with E-state index >= 15 is 0 Å². The van der Waals surface area contributed by atoms with Crippen LogP contribution in [0.1, 0.15) is 29.3 Å². The van der Waals surface area contributed by atoms with E-state index in [-0.39, 0.29) is 17.5 Å². The molecule has 0 fully saturated rings. The van der Waals surface area contributed by atoms with E-state index in [9.17, 15) is 19.1 Å². The van der Waals surface area contributed by atoms with Crippen molar-refractivity contribution in [2.45, 2.75) is 18.9 Å². The molecule has 0 radical (unpaired) electrons. The van der Waals surface area contributed by atoms with Gasteiger partial charge in [-0.2, -0.15) is 0 Å². The lowest BCUT2D eigenvalue weighted by Crippen LogP contribution is -2.51. The van der Waals surface area contributed by atoms with E-state index in [0.29, 0.717) is 11.1 Å². The number of amides is 1. The summed E-state index contributed by atoms with van der Waals surface area (Å²) < 4.78 is 13.8. The number of aromatic nitrogens is 2. The second kappa shape index (κ2) is 6.35. The largest absolute Gasteiger partial charge is 0.479 e. The lowest BCUT2D eigenvalue weighted by Gasteiger charge is -2.30. The lowest BCUT2D eigenvalue weighted by atomic mass is 9.86. The van der Waals surface area contributed by atoms with E-state index in [1.165, 1.54) is 12.4 Å². The fraction of sp³-hybridized carbons (Fsp3) is 0.167. The van der Waals surface area contributed by atoms with E-state index in [1.807, 2.05) is 0 Å². The zero-order valence-electron chi connectivity index (χ0n) is 13.4. The van der Waals surface area contributed by atoms with Gasteiger partial charge in [-0.15, -0.1) is 0 Å². The first-order valence-corrected chi connectivity index (χ1v) is 7.72. The van der Waals surface area contributed by atoms with Crippen LogP contribution >= 0.6 is 0 Å². The Bertz CT molecular complexity index is 939. The van der Waals surface area contributed by atoms with Crippen LogP contribution in [0.3, 0.4) is 0 Å². The SMILES string of the molecule is CCC(NC(=O)c1cc(F)cc2[nH]cnc12)(C(=O)O)c1ccccc1. The van der Waals surface area contributed by atoms with Crippen molar-refractivity contribution in [1.29, 1.82) is 0 Å². The molecule has 2 aromatic carbocycles. The fourth-order valence-corrected chi connectivity index (χ4v) is 2.86. The Labute approximate surface area is 142 Å². The maximum absolute atomic E-state index is 13.8. The van der Waals surface area contributed by atoms with Crippen molar-refractivity contribution in [2.24, 2.45) is 0 Å². The number of H-pyrrole nitrogens is 1. The number of aliphatic carboxylic acids is 1. The van der Waals surface area contributed by atoms with E-state index in [4.69, 9.17) is 0 Å². The third kappa shape index (κ3) is 2.84. The summed E-state index contributed by atoms with van der Waals surface area (Å²) in [6.07, 6.45) is 1.47. The van der Waals surface area contributed by atoms with Crippen molar-refractivity contribution in [1.82, 2.24) is 15.3 Å². The predicted octanol–water partition coefficient (Wildman–Crippen LogP) is 2.82. The summed E-state index contributed by atoms with van der Waals surface area (Å²) in [7, 11) is 0. The topological polar surface area (TPSA) is 95.1 Å². The number of hydrogen-bond donors (Lipinski definition) is 3. The maximum atomic E-state index is 13.8. The molecule has 0 bridgehead atoms. The molecule has 3 rings (SSSR count). The van der Waals surface area contributed by atoms with Gasteiger partial charge in [0.25, 0.3) is 5.91 Å². The molecular weight excluding hydrogens is 325 g/mol. The first kappa shape index (κ1) is 16.6. The highest BCUT2D eigenvalue weighted by molar-refractivity contribution is 6.06. The van der Waals surface area contributed by atoms with Crippen LogP contribution in [0.25, 0.3) is 11.0 Å². The number of carbonyl (C=O) groups is 2. The van der Waals surface area contributed by atoms with E-state index in [1.54, 1.807) is 37.3 Å². The van der Waals surface area contributed by atoms with Gasteiger partial charge in [0.2, 0.25) is 0 Å². The minimum Gasteiger partial charge on any atom is -0.479 e. The summed E-state index contributed by atoms with van der Waals surface area (Å²) in [4.78, 5) is 31.5. The number of benzene rings is 2. The zero-order valence-corrected chi connectivity index (χ0v) is 13.4.